The van der Waals surface area contributed by atoms with Crippen LogP contribution in [0.5, 0.6) is 0 Å². The molecule has 0 aromatic heterocycles. The van der Waals surface area contributed by atoms with Crippen LogP contribution in [0.25, 0.3) is 0 Å². The van der Waals surface area contributed by atoms with Crippen molar-refractivity contribution in [1.29, 1.82) is 10.5 Å². The summed E-state index contributed by atoms with van der Waals surface area (Å²) in [5.74, 6) is 0.223. The fourth-order valence-electron chi connectivity index (χ4n) is 2.59. The molecule has 1 rings (SSSR count). The number of rotatable bonds is 0. The van der Waals surface area contributed by atoms with Gasteiger partial charge in [-0.2, -0.15) is 10.5 Å². The average Bonchev–Trinajstić information content (AvgIpc) is 2.35. The zero-order chi connectivity index (χ0) is 11.9. The first-order valence-electron chi connectivity index (χ1n) is 6.58. The van der Waals surface area contributed by atoms with E-state index in [-0.39, 0.29) is 5.92 Å². The molecule has 1 atom stereocenters. The first kappa shape index (κ1) is 13.0. The highest BCUT2D eigenvalue weighted by Gasteiger charge is 2.35. The lowest BCUT2D eigenvalue weighted by Crippen LogP contribution is -2.25. The molecule has 0 heterocycles. The van der Waals surface area contributed by atoms with E-state index in [9.17, 15) is 10.5 Å². The van der Waals surface area contributed by atoms with Gasteiger partial charge in [-0.25, -0.2) is 0 Å². The lowest BCUT2D eigenvalue weighted by molar-refractivity contribution is 0.288. The van der Waals surface area contributed by atoms with E-state index in [1.165, 1.54) is 38.5 Å². The molecule has 2 heteroatoms. The molecular weight excluding hydrogens is 196 g/mol. The smallest absolute Gasteiger partial charge is 0.146 e. The predicted octanol–water partition coefficient (Wildman–Crippen LogP) is 4.18. The fraction of sp³-hybridized carbons (Fsp3) is 0.857. The highest BCUT2D eigenvalue weighted by atomic mass is 14.4. The third kappa shape index (κ3) is 3.24. The highest BCUT2D eigenvalue weighted by Crippen LogP contribution is 2.36. The molecule has 0 N–H and O–H groups in total. The van der Waals surface area contributed by atoms with E-state index in [2.05, 4.69) is 19.1 Å². The molecule has 1 aliphatic carbocycles. The van der Waals surface area contributed by atoms with Gasteiger partial charge in [0, 0.05) is 0 Å². The largest absolute Gasteiger partial charge is 0.197 e. The van der Waals surface area contributed by atoms with Gasteiger partial charge in [-0.05, 0) is 18.8 Å². The fourth-order valence-corrected chi connectivity index (χ4v) is 2.59. The van der Waals surface area contributed by atoms with Crippen molar-refractivity contribution in [3.05, 3.63) is 0 Å². The van der Waals surface area contributed by atoms with E-state index >= 15 is 0 Å². The van der Waals surface area contributed by atoms with Crippen molar-refractivity contribution in [3.63, 3.8) is 0 Å². The van der Waals surface area contributed by atoms with Gasteiger partial charge in [0.1, 0.15) is 5.41 Å². The summed E-state index contributed by atoms with van der Waals surface area (Å²) in [4.78, 5) is 0. The van der Waals surface area contributed by atoms with Crippen molar-refractivity contribution in [3.8, 4) is 12.1 Å². The van der Waals surface area contributed by atoms with Crippen molar-refractivity contribution in [2.24, 2.45) is 11.3 Å². The SMILES string of the molecule is CC1CCCCCCCCCC1(C#N)C#N. The van der Waals surface area contributed by atoms with Crippen LogP contribution in [-0.4, -0.2) is 0 Å². The molecule has 0 aliphatic heterocycles. The van der Waals surface area contributed by atoms with Gasteiger partial charge in [0.05, 0.1) is 12.1 Å². The van der Waals surface area contributed by atoms with Crippen molar-refractivity contribution in [1.82, 2.24) is 0 Å². The van der Waals surface area contributed by atoms with Crippen LogP contribution >= 0.6 is 0 Å². The number of hydrogen-bond donors (Lipinski definition) is 0. The van der Waals surface area contributed by atoms with E-state index in [0.29, 0.717) is 0 Å². The molecular formula is C14H22N2. The normalized spacial score (nSPS) is 27.1. The third-order valence-corrected chi connectivity index (χ3v) is 3.95. The molecule has 2 nitrogen and oxygen atoms in total. The van der Waals surface area contributed by atoms with Crippen LogP contribution in [-0.2, 0) is 0 Å². The molecule has 0 aromatic rings. The molecule has 0 aromatic carbocycles. The lowest BCUT2D eigenvalue weighted by atomic mass is 9.73. The molecule has 0 amide bonds. The minimum Gasteiger partial charge on any atom is -0.197 e. The summed E-state index contributed by atoms with van der Waals surface area (Å²) < 4.78 is 0. The Morgan fingerprint density at radius 1 is 0.875 bits per heavy atom. The van der Waals surface area contributed by atoms with Gasteiger partial charge in [-0.1, -0.05) is 51.9 Å². The standard InChI is InChI=1S/C14H22N2/c1-13-9-7-5-3-2-4-6-8-10-14(13,11-15)12-16/h13H,2-10H2,1H3. The van der Waals surface area contributed by atoms with Crippen LogP contribution in [0.1, 0.15) is 64.7 Å². The van der Waals surface area contributed by atoms with Gasteiger partial charge >= 0.3 is 0 Å². The van der Waals surface area contributed by atoms with Crippen LogP contribution in [0.4, 0.5) is 0 Å². The minimum absolute atomic E-state index is 0.223. The van der Waals surface area contributed by atoms with Crippen LogP contribution in [0.15, 0.2) is 0 Å². The van der Waals surface area contributed by atoms with E-state index in [1.807, 2.05) is 0 Å². The minimum atomic E-state index is -0.718. The Kier molecular flexibility index (Phi) is 5.33. The molecule has 0 bridgehead atoms. The second-order valence-electron chi connectivity index (χ2n) is 5.11. The maximum atomic E-state index is 9.29. The maximum absolute atomic E-state index is 9.29. The van der Waals surface area contributed by atoms with Crippen molar-refractivity contribution >= 4 is 0 Å². The number of nitrogens with zero attached hydrogens (tertiary/aromatic N) is 2. The molecule has 1 fully saturated rings. The molecule has 88 valence electrons. The van der Waals surface area contributed by atoms with Gasteiger partial charge < -0.3 is 0 Å². The topological polar surface area (TPSA) is 47.6 Å². The quantitative estimate of drug-likeness (QED) is 0.612. The molecule has 1 saturated carbocycles. The van der Waals surface area contributed by atoms with Crippen LogP contribution in [0, 0.1) is 34.0 Å². The van der Waals surface area contributed by atoms with Gasteiger partial charge in [-0.15, -0.1) is 0 Å². The van der Waals surface area contributed by atoms with E-state index < -0.39 is 5.41 Å². The monoisotopic (exact) mass is 218 g/mol. The van der Waals surface area contributed by atoms with E-state index in [4.69, 9.17) is 0 Å². The first-order valence-corrected chi connectivity index (χ1v) is 6.58. The summed E-state index contributed by atoms with van der Waals surface area (Å²) >= 11 is 0. The highest BCUT2D eigenvalue weighted by molar-refractivity contribution is 5.15. The van der Waals surface area contributed by atoms with Gasteiger partial charge in [0.2, 0.25) is 0 Å². The maximum Gasteiger partial charge on any atom is 0.146 e. The van der Waals surface area contributed by atoms with Gasteiger partial charge in [-0.3, -0.25) is 0 Å². The summed E-state index contributed by atoms with van der Waals surface area (Å²) in [5, 5.41) is 18.6. The zero-order valence-electron chi connectivity index (χ0n) is 10.3. The summed E-state index contributed by atoms with van der Waals surface area (Å²) in [6, 6.07) is 4.58. The van der Waals surface area contributed by atoms with Gasteiger partial charge in [0.25, 0.3) is 0 Å². The Morgan fingerprint density at radius 2 is 1.38 bits per heavy atom. The summed E-state index contributed by atoms with van der Waals surface area (Å²) in [6.45, 7) is 2.07. The third-order valence-electron chi connectivity index (χ3n) is 3.95. The van der Waals surface area contributed by atoms with Gasteiger partial charge in [0.15, 0.2) is 0 Å². The molecule has 1 unspecified atom stereocenters. The molecule has 1 aliphatic rings. The Hall–Kier alpha value is -1.02. The van der Waals surface area contributed by atoms with E-state index in [1.54, 1.807) is 0 Å². The lowest BCUT2D eigenvalue weighted by Gasteiger charge is -2.25. The first-order chi connectivity index (χ1) is 7.75. The molecule has 0 radical (unpaired) electrons. The van der Waals surface area contributed by atoms with Crippen LogP contribution in [0.2, 0.25) is 0 Å². The van der Waals surface area contributed by atoms with E-state index in [0.717, 1.165) is 19.3 Å². The number of hydrogen-bond acceptors (Lipinski definition) is 2. The van der Waals surface area contributed by atoms with Crippen molar-refractivity contribution < 1.29 is 0 Å². The van der Waals surface area contributed by atoms with Crippen molar-refractivity contribution in [2.75, 3.05) is 0 Å². The zero-order valence-corrected chi connectivity index (χ0v) is 10.3. The Balaban J connectivity index is 2.70. The summed E-state index contributed by atoms with van der Waals surface area (Å²) in [5.41, 5.74) is -0.718. The molecule has 0 spiro atoms. The molecule has 16 heavy (non-hydrogen) atoms. The predicted molar refractivity (Wildman–Crippen MR) is 64.4 cm³/mol. The Bertz CT molecular complexity index is 268. The van der Waals surface area contributed by atoms with Crippen LogP contribution < -0.4 is 0 Å². The van der Waals surface area contributed by atoms with Crippen molar-refractivity contribution in [2.45, 2.75) is 64.7 Å². The number of nitriles is 2. The Labute approximate surface area is 99.3 Å². The second-order valence-corrected chi connectivity index (χ2v) is 5.11. The Morgan fingerprint density at radius 3 is 1.94 bits per heavy atom. The van der Waals surface area contributed by atoms with Crippen LogP contribution in [0.3, 0.4) is 0 Å². The summed E-state index contributed by atoms with van der Waals surface area (Å²) in [6.07, 6.45) is 10.3. The molecule has 0 saturated heterocycles. The summed E-state index contributed by atoms with van der Waals surface area (Å²) in [7, 11) is 0. The average molecular weight is 218 g/mol. The second kappa shape index (κ2) is 6.54.